The fourth-order valence-electron chi connectivity index (χ4n) is 1.34. The number of aromatic nitrogens is 2. The molecule has 0 aromatic carbocycles. The number of aryl methyl sites for hydroxylation is 1. The Hall–Kier alpha value is -2.20. The molecule has 1 heterocycles. The molecule has 1 rings (SSSR count). The summed E-state index contributed by atoms with van der Waals surface area (Å²) in [5, 5.41) is 24.7. The van der Waals surface area contributed by atoms with Crippen molar-refractivity contribution in [2.45, 2.75) is 13.5 Å². The third kappa shape index (κ3) is 5.23. The van der Waals surface area contributed by atoms with Gasteiger partial charge in [-0.05, 0) is 18.6 Å². The van der Waals surface area contributed by atoms with Crippen molar-refractivity contribution in [2.24, 2.45) is 4.99 Å². The van der Waals surface area contributed by atoms with E-state index < -0.39 is 0 Å². The van der Waals surface area contributed by atoms with Gasteiger partial charge in [-0.15, -0.1) is 0 Å². The Kier molecular flexibility index (Phi) is 6.14. The smallest absolute Gasteiger partial charge is 0.204 e. The zero-order valence-electron chi connectivity index (χ0n) is 10.6. The van der Waals surface area contributed by atoms with Crippen molar-refractivity contribution in [1.29, 1.82) is 5.26 Å². The molecule has 1 aromatic heterocycles. The van der Waals surface area contributed by atoms with Gasteiger partial charge in [0.2, 0.25) is 5.96 Å². The molecule has 0 aliphatic carbocycles. The number of hydrogen-bond donors (Lipinski definition) is 3. The molecule has 0 saturated heterocycles. The van der Waals surface area contributed by atoms with E-state index in [1.807, 2.05) is 19.2 Å². The lowest BCUT2D eigenvalue weighted by Crippen LogP contribution is -2.32. The van der Waals surface area contributed by atoms with Crippen LogP contribution in [0.1, 0.15) is 11.3 Å². The molecule has 0 fully saturated rings. The van der Waals surface area contributed by atoms with Gasteiger partial charge in [0.1, 0.15) is 0 Å². The predicted octanol–water partition coefficient (Wildman–Crippen LogP) is -0.479. The Bertz CT molecular complexity index is 435. The molecule has 0 radical (unpaired) electrons. The van der Waals surface area contributed by atoms with Gasteiger partial charge in [0.15, 0.2) is 6.19 Å². The SMILES string of the molecule is CN/C(=N/CCNCc1cnnc(C)c1)NC#N. The van der Waals surface area contributed by atoms with Crippen LogP contribution in [-0.4, -0.2) is 36.3 Å². The van der Waals surface area contributed by atoms with Crippen LogP contribution in [0, 0.1) is 18.4 Å². The molecule has 0 atom stereocenters. The minimum absolute atomic E-state index is 0.473. The fraction of sp³-hybridized carbons (Fsp3) is 0.455. The second kappa shape index (κ2) is 7.97. The summed E-state index contributed by atoms with van der Waals surface area (Å²) in [6, 6.07) is 1.99. The number of aliphatic imine (C=N–C) groups is 1. The summed E-state index contributed by atoms with van der Waals surface area (Å²) in [6.07, 6.45) is 3.55. The fourth-order valence-corrected chi connectivity index (χ4v) is 1.34. The Balaban J connectivity index is 2.25. The maximum absolute atomic E-state index is 8.43. The monoisotopic (exact) mass is 247 g/mol. The molecule has 0 aliphatic heterocycles. The minimum atomic E-state index is 0.473. The summed E-state index contributed by atoms with van der Waals surface area (Å²) < 4.78 is 0. The summed E-state index contributed by atoms with van der Waals surface area (Å²) in [6.45, 7) is 3.95. The molecule has 96 valence electrons. The molecule has 1 aromatic rings. The van der Waals surface area contributed by atoms with Gasteiger partial charge >= 0.3 is 0 Å². The van der Waals surface area contributed by atoms with Gasteiger partial charge in [-0.2, -0.15) is 15.5 Å². The lowest BCUT2D eigenvalue weighted by Gasteiger charge is -2.04. The van der Waals surface area contributed by atoms with Gasteiger partial charge in [-0.3, -0.25) is 10.3 Å². The van der Waals surface area contributed by atoms with E-state index in [1.165, 1.54) is 0 Å². The average molecular weight is 247 g/mol. The van der Waals surface area contributed by atoms with E-state index in [0.29, 0.717) is 12.5 Å². The number of guanidine groups is 1. The first kappa shape index (κ1) is 13.9. The van der Waals surface area contributed by atoms with Crippen LogP contribution in [0.15, 0.2) is 17.3 Å². The van der Waals surface area contributed by atoms with Crippen molar-refractivity contribution in [3.05, 3.63) is 23.5 Å². The van der Waals surface area contributed by atoms with Crippen LogP contribution in [0.25, 0.3) is 0 Å². The highest BCUT2D eigenvalue weighted by Crippen LogP contribution is 1.97. The van der Waals surface area contributed by atoms with Crippen molar-refractivity contribution in [3.8, 4) is 6.19 Å². The van der Waals surface area contributed by atoms with E-state index in [2.05, 4.69) is 31.1 Å². The molecule has 3 N–H and O–H groups in total. The van der Waals surface area contributed by atoms with Crippen molar-refractivity contribution >= 4 is 5.96 Å². The van der Waals surface area contributed by atoms with Gasteiger partial charge in [0, 0.05) is 20.1 Å². The lowest BCUT2D eigenvalue weighted by molar-refractivity contribution is 0.688. The first-order valence-corrected chi connectivity index (χ1v) is 5.62. The molecular formula is C11H17N7. The Morgan fingerprint density at radius 3 is 3.06 bits per heavy atom. The van der Waals surface area contributed by atoms with Crippen LogP contribution in [0.2, 0.25) is 0 Å². The van der Waals surface area contributed by atoms with Gasteiger partial charge < -0.3 is 10.6 Å². The van der Waals surface area contributed by atoms with E-state index in [1.54, 1.807) is 13.2 Å². The van der Waals surface area contributed by atoms with Gasteiger partial charge in [-0.1, -0.05) is 0 Å². The highest BCUT2D eigenvalue weighted by atomic mass is 15.2. The van der Waals surface area contributed by atoms with Crippen LogP contribution >= 0.6 is 0 Å². The average Bonchev–Trinajstić information content (AvgIpc) is 2.37. The summed E-state index contributed by atoms with van der Waals surface area (Å²) in [7, 11) is 1.71. The molecular weight excluding hydrogens is 230 g/mol. The zero-order chi connectivity index (χ0) is 13.2. The minimum Gasteiger partial charge on any atom is -0.359 e. The summed E-state index contributed by atoms with van der Waals surface area (Å²) >= 11 is 0. The van der Waals surface area contributed by atoms with E-state index in [-0.39, 0.29) is 0 Å². The molecule has 0 aliphatic rings. The van der Waals surface area contributed by atoms with Crippen molar-refractivity contribution in [3.63, 3.8) is 0 Å². The third-order valence-electron chi connectivity index (χ3n) is 2.13. The summed E-state index contributed by atoms with van der Waals surface area (Å²) in [5.41, 5.74) is 2.00. The van der Waals surface area contributed by atoms with Crippen LogP contribution in [0.5, 0.6) is 0 Å². The zero-order valence-corrected chi connectivity index (χ0v) is 10.6. The van der Waals surface area contributed by atoms with E-state index in [9.17, 15) is 0 Å². The van der Waals surface area contributed by atoms with Crippen LogP contribution < -0.4 is 16.0 Å². The Morgan fingerprint density at radius 1 is 1.56 bits per heavy atom. The molecule has 7 nitrogen and oxygen atoms in total. The number of nitrogens with one attached hydrogen (secondary N) is 3. The number of nitrogens with zero attached hydrogens (tertiary/aromatic N) is 4. The third-order valence-corrected chi connectivity index (χ3v) is 2.13. The first-order valence-electron chi connectivity index (χ1n) is 5.62. The van der Waals surface area contributed by atoms with Crippen molar-refractivity contribution < 1.29 is 0 Å². The summed E-state index contributed by atoms with van der Waals surface area (Å²) in [5.74, 6) is 0.473. The van der Waals surface area contributed by atoms with Gasteiger partial charge in [0.25, 0.3) is 0 Å². The van der Waals surface area contributed by atoms with Crippen LogP contribution in [0.4, 0.5) is 0 Å². The molecule has 0 spiro atoms. The largest absolute Gasteiger partial charge is 0.359 e. The van der Waals surface area contributed by atoms with E-state index in [4.69, 9.17) is 5.26 Å². The molecule has 0 unspecified atom stereocenters. The number of rotatable bonds is 5. The van der Waals surface area contributed by atoms with Crippen molar-refractivity contribution in [2.75, 3.05) is 20.1 Å². The van der Waals surface area contributed by atoms with E-state index >= 15 is 0 Å². The standard InChI is InChI=1S/C11H17N7/c1-9-5-10(7-17-18-9)6-14-3-4-15-11(13-2)16-8-12/h5,7,14H,3-4,6H2,1-2H3,(H2,13,15,16). The molecule has 0 amide bonds. The predicted molar refractivity (Wildman–Crippen MR) is 68.6 cm³/mol. The Morgan fingerprint density at radius 2 is 2.39 bits per heavy atom. The molecule has 18 heavy (non-hydrogen) atoms. The maximum atomic E-state index is 8.43. The van der Waals surface area contributed by atoms with Crippen LogP contribution in [0.3, 0.4) is 0 Å². The second-order valence-electron chi connectivity index (χ2n) is 3.60. The number of nitriles is 1. The lowest BCUT2D eigenvalue weighted by atomic mass is 10.2. The molecule has 0 saturated carbocycles. The summed E-state index contributed by atoms with van der Waals surface area (Å²) in [4.78, 5) is 4.16. The normalized spacial score (nSPS) is 10.8. The molecule has 7 heteroatoms. The van der Waals surface area contributed by atoms with Gasteiger partial charge in [0.05, 0.1) is 18.4 Å². The highest BCUT2D eigenvalue weighted by Gasteiger charge is 1.95. The Labute approximate surface area is 106 Å². The highest BCUT2D eigenvalue weighted by molar-refractivity contribution is 5.80. The van der Waals surface area contributed by atoms with Crippen LogP contribution in [-0.2, 0) is 6.54 Å². The quantitative estimate of drug-likeness (QED) is 0.214. The maximum Gasteiger partial charge on any atom is 0.204 e. The second-order valence-corrected chi connectivity index (χ2v) is 3.60. The van der Waals surface area contributed by atoms with E-state index in [0.717, 1.165) is 24.3 Å². The van der Waals surface area contributed by atoms with Gasteiger partial charge in [-0.25, -0.2) is 0 Å². The number of hydrogen-bond acceptors (Lipinski definition) is 5. The topological polar surface area (TPSA) is 98.0 Å². The van der Waals surface area contributed by atoms with Crippen molar-refractivity contribution in [1.82, 2.24) is 26.1 Å². The first-order chi connectivity index (χ1) is 8.76. The molecule has 0 bridgehead atoms.